The maximum absolute atomic E-state index is 5.29. The smallest absolute Gasteiger partial charge is 0.170 e. The number of hydrogen-bond acceptors (Lipinski definition) is 3. The third-order valence-electron chi connectivity index (χ3n) is 0.862. The molecule has 0 unspecified atom stereocenters. The van der Waals surface area contributed by atoms with Crippen LogP contribution in [0.4, 0.5) is 0 Å². The Bertz CT molecular complexity index is 125. The highest BCUT2D eigenvalue weighted by Gasteiger charge is 2.12. The first-order valence-electron chi connectivity index (χ1n) is 2.06. The van der Waals surface area contributed by atoms with Crippen LogP contribution in [0.3, 0.4) is 0 Å². The zero-order chi connectivity index (χ0) is 5.28. The molecule has 1 heterocycles. The summed E-state index contributed by atoms with van der Waals surface area (Å²) in [6, 6.07) is 0. The van der Waals surface area contributed by atoms with E-state index in [1.165, 1.54) is 5.01 Å². The van der Waals surface area contributed by atoms with E-state index in [9.17, 15) is 0 Å². The van der Waals surface area contributed by atoms with Crippen LogP contribution in [0.15, 0.2) is 12.4 Å². The Morgan fingerprint density at radius 3 is 2.71 bits per heavy atom. The molecule has 0 saturated heterocycles. The van der Waals surface area contributed by atoms with Crippen molar-refractivity contribution in [3.8, 4) is 0 Å². The van der Waals surface area contributed by atoms with Gasteiger partial charge in [0.1, 0.15) is 0 Å². The van der Waals surface area contributed by atoms with E-state index in [0.717, 1.165) is 5.84 Å². The second-order valence-corrected chi connectivity index (χ2v) is 1.38. The number of aliphatic imine (C=N–C) groups is 1. The van der Waals surface area contributed by atoms with Crippen molar-refractivity contribution in [2.75, 3.05) is 0 Å². The maximum atomic E-state index is 5.29. The van der Waals surface area contributed by atoms with Gasteiger partial charge in [-0.2, -0.15) is 10.9 Å². The van der Waals surface area contributed by atoms with E-state index in [-0.39, 0.29) is 0 Å². The lowest BCUT2D eigenvalue weighted by Gasteiger charge is -1.91. The molecule has 37 valence electrons. The van der Waals surface area contributed by atoms with Crippen LogP contribution in [-0.4, -0.2) is 10.8 Å². The molecule has 0 amide bonds. The van der Waals surface area contributed by atoms with Crippen molar-refractivity contribution in [2.45, 2.75) is 6.92 Å². The molecule has 7 heavy (non-hydrogen) atoms. The van der Waals surface area contributed by atoms with Gasteiger partial charge in [0.15, 0.2) is 12.4 Å². The van der Waals surface area contributed by atoms with Crippen molar-refractivity contribution in [3.05, 3.63) is 12.4 Å². The molecule has 0 aliphatic carbocycles. The van der Waals surface area contributed by atoms with Gasteiger partial charge in [0, 0.05) is 6.92 Å². The molecule has 3 heteroatoms. The fourth-order valence-corrected chi connectivity index (χ4v) is 0.388. The summed E-state index contributed by atoms with van der Waals surface area (Å²) in [5.74, 6) is 6.13. The van der Waals surface area contributed by atoms with E-state index >= 15 is 0 Å². The predicted octanol–water partition coefficient (Wildman–Crippen LogP) is -0.599. The van der Waals surface area contributed by atoms with Gasteiger partial charge in [0.25, 0.3) is 0 Å². The molecule has 0 saturated carbocycles. The molecule has 0 bridgehead atoms. The molecule has 0 aromatic heterocycles. The first kappa shape index (κ1) is 4.33. The molecule has 0 atom stereocenters. The third-order valence-corrected chi connectivity index (χ3v) is 0.862. The summed E-state index contributed by atoms with van der Waals surface area (Å²) in [5, 5.41) is 1.47. The highest BCUT2D eigenvalue weighted by atomic mass is 15.4. The van der Waals surface area contributed by atoms with E-state index in [1.807, 2.05) is 6.92 Å². The lowest BCUT2D eigenvalue weighted by molar-refractivity contribution is 0.605. The van der Waals surface area contributed by atoms with Gasteiger partial charge >= 0.3 is 5.84 Å². The Morgan fingerprint density at radius 1 is 1.86 bits per heavy atom. The Labute approximate surface area is 42.1 Å². The van der Waals surface area contributed by atoms with Gasteiger partial charge in [-0.15, -0.1) is 0 Å². The maximum Gasteiger partial charge on any atom is 0.313 e. The number of hydrogen-bond donors (Lipinski definition) is 1. The van der Waals surface area contributed by atoms with E-state index in [4.69, 9.17) is 5.84 Å². The van der Waals surface area contributed by atoms with Crippen LogP contribution in [-0.2, 0) is 0 Å². The molecule has 2 N–H and O–H groups in total. The molecule has 1 aliphatic rings. The number of amidine groups is 1. The molecule has 0 aromatic carbocycles. The molecule has 3 nitrogen and oxygen atoms in total. The normalized spacial score (nSPS) is 18.0. The Morgan fingerprint density at radius 2 is 2.57 bits per heavy atom. The van der Waals surface area contributed by atoms with Crippen molar-refractivity contribution in [3.63, 3.8) is 0 Å². The highest BCUT2D eigenvalue weighted by molar-refractivity contribution is 5.80. The minimum Gasteiger partial charge on any atom is -0.170 e. The summed E-state index contributed by atoms with van der Waals surface area (Å²) in [5.41, 5.74) is 0. The average molecular weight is 97.1 g/mol. The average Bonchev–Trinajstić information content (AvgIpc) is 1.91. The quantitative estimate of drug-likeness (QED) is 0.410. The van der Waals surface area contributed by atoms with E-state index < -0.39 is 0 Å². The van der Waals surface area contributed by atoms with Gasteiger partial charge in [-0.1, -0.05) is 0 Å². The molecule has 1 aliphatic heterocycles. The molecule has 1 rings (SSSR count). The summed E-state index contributed by atoms with van der Waals surface area (Å²) in [6.07, 6.45) is 3.37. The van der Waals surface area contributed by atoms with E-state index in [1.54, 1.807) is 12.4 Å². The van der Waals surface area contributed by atoms with Crippen LogP contribution in [0.2, 0.25) is 0 Å². The van der Waals surface area contributed by atoms with Crippen molar-refractivity contribution >= 4 is 5.84 Å². The largest absolute Gasteiger partial charge is 0.313 e. The highest BCUT2D eigenvalue weighted by Crippen LogP contribution is 1.85. The Balaban J connectivity index is 2.69. The third kappa shape index (κ3) is 0.618. The minimum absolute atomic E-state index is 0.833. The van der Waals surface area contributed by atoms with Crippen molar-refractivity contribution in [1.82, 2.24) is 10.0 Å². The topological polar surface area (TPSA) is 43.4 Å². The molecule has 0 spiro atoms. The van der Waals surface area contributed by atoms with Gasteiger partial charge in [-0.25, -0.2) is 0 Å². The molecule has 0 aromatic rings. The van der Waals surface area contributed by atoms with Gasteiger partial charge in [-0.05, 0) is 4.99 Å². The van der Waals surface area contributed by atoms with E-state index in [0.29, 0.717) is 0 Å². The van der Waals surface area contributed by atoms with Gasteiger partial charge < -0.3 is 0 Å². The lowest BCUT2D eigenvalue weighted by atomic mass is 10.7. The zero-order valence-electron chi connectivity index (χ0n) is 4.13. The summed E-state index contributed by atoms with van der Waals surface area (Å²) >= 11 is 0. The van der Waals surface area contributed by atoms with Crippen LogP contribution in [0, 0.1) is 0 Å². The second-order valence-electron chi connectivity index (χ2n) is 1.38. The Kier molecular flexibility index (Phi) is 0.834. The number of hydrazine groups is 1. The predicted molar refractivity (Wildman–Crippen MR) is 28.0 cm³/mol. The monoisotopic (exact) mass is 97.1 g/mol. The molecule has 0 fully saturated rings. The van der Waals surface area contributed by atoms with Crippen molar-refractivity contribution in [1.29, 1.82) is 0 Å². The standard InChI is InChI=1S/C4H7N3/c1-4-6-2-3-7(4)5/h2-3H,5H2,1H3/q+1. The summed E-state index contributed by atoms with van der Waals surface area (Å²) in [4.78, 5) is 3.85. The fraction of sp³-hybridized carbons (Fsp3) is 0.250. The van der Waals surface area contributed by atoms with Crippen molar-refractivity contribution < 1.29 is 0 Å². The molecular formula is C4H7N3+. The van der Waals surface area contributed by atoms with Gasteiger partial charge in [0.05, 0.1) is 0 Å². The van der Waals surface area contributed by atoms with E-state index in [2.05, 4.69) is 4.99 Å². The van der Waals surface area contributed by atoms with Crippen LogP contribution < -0.4 is 10.8 Å². The van der Waals surface area contributed by atoms with Gasteiger partial charge in [0.2, 0.25) is 0 Å². The summed E-state index contributed by atoms with van der Waals surface area (Å²) < 4.78 is 0. The zero-order valence-corrected chi connectivity index (χ0v) is 4.13. The first-order chi connectivity index (χ1) is 3.30. The fourth-order valence-electron chi connectivity index (χ4n) is 0.388. The Hall–Kier alpha value is -0.830. The summed E-state index contributed by atoms with van der Waals surface area (Å²) in [6.45, 7) is 1.85. The number of nitrogens with zero attached hydrogens (tertiary/aromatic N) is 2. The lowest BCUT2D eigenvalue weighted by Crippen LogP contribution is -2.28. The van der Waals surface area contributed by atoms with Crippen LogP contribution >= 0.6 is 0 Å². The number of rotatable bonds is 0. The molecule has 1 radical (unpaired) electrons. The van der Waals surface area contributed by atoms with Gasteiger partial charge in [-0.3, -0.25) is 0 Å². The van der Waals surface area contributed by atoms with Crippen molar-refractivity contribution in [2.24, 2.45) is 5.84 Å². The molecular weight excluding hydrogens is 90.1 g/mol. The SMILES string of the molecule is CC1=[N+]C=CN1N. The van der Waals surface area contributed by atoms with Crippen LogP contribution in [0.5, 0.6) is 0 Å². The first-order valence-corrected chi connectivity index (χ1v) is 2.06. The minimum atomic E-state index is 0.833. The van der Waals surface area contributed by atoms with Crippen LogP contribution in [0.1, 0.15) is 6.92 Å². The van der Waals surface area contributed by atoms with Crippen LogP contribution in [0.25, 0.3) is 0 Å². The number of nitrogens with two attached hydrogens (primary N) is 1. The second kappa shape index (κ2) is 1.35. The summed E-state index contributed by atoms with van der Waals surface area (Å²) in [7, 11) is 0.